The van der Waals surface area contributed by atoms with E-state index < -0.39 is 11.9 Å². The number of carboxylic acids is 1. The lowest BCUT2D eigenvalue weighted by Crippen LogP contribution is -2.38. The second kappa shape index (κ2) is 8.84. The summed E-state index contributed by atoms with van der Waals surface area (Å²) >= 11 is 0. The predicted octanol–water partition coefficient (Wildman–Crippen LogP) is 0.969. The molecular formula is C21H23N5O5. The van der Waals surface area contributed by atoms with E-state index >= 15 is 0 Å². The van der Waals surface area contributed by atoms with Crippen molar-refractivity contribution in [2.24, 2.45) is 17.4 Å². The lowest BCUT2D eigenvalue weighted by Gasteiger charge is -2.28. The fourth-order valence-corrected chi connectivity index (χ4v) is 3.57. The molecule has 1 atom stereocenters. The molecule has 0 radical (unpaired) electrons. The molecule has 0 bridgehead atoms. The monoisotopic (exact) mass is 425 g/mol. The largest absolute Gasteiger partial charge is 0.481 e. The van der Waals surface area contributed by atoms with E-state index in [9.17, 15) is 14.4 Å². The smallest absolute Gasteiger partial charge is 0.303 e. The zero-order valence-electron chi connectivity index (χ0n) is 16.8. The summed E-state index contributed by atoms with van der Waals surface area (Å²) in [6.45, 7) is 0. The van der Waals surface area contributed by atoms with Gasteiger partial charge in [-0.05, 0) is 18.6 Å². The van der Waals surface area contributed by atoms with Crippen molar-refractivity contribution in [3.63, 3.8) is 0 Å². The van der Waals surface area contributed by atoms with Crippen LogP contribution in [0.2, 0.25) is 0 Å². The van der Waals surface area contributed by atoms with Crippen LogP contribution < -0.4 is 16.9 Å². The molecule has 0 spiro atoms. The third kappa shape index (κ3) is 4.64. The van der Waals surface area contributed by atoms with Crippen LogP contribution in [0.25, 0.3) is 0 Å². The first-order valence-electron chi connectivity index (χ1n) is 9.48. The van der Waals surface area contributed by atoms with E-state index in [4.69, 9.17) is 26.8 Å². The molecule has 10 nitrogen and oxygen atoms in total. The van der Waals surface area contributed by atoms with Crippen LogP contribution in [0.3, 0.4) is 0 Å². The molecule has 1 aromatic carbocycles. The molecule has 31 heavy (non-hydrogen) atoms. The number of rotatable bonds is 7. The van der Waals surface area contributed by atoms with E-state index in [1.165, 1.54) is 12.3 Å². The van der Waals surface area contributed by atoms with Gasteiger partial charge in [0.25, 0.3) is 0 Å². The zero-order chi connectivity index (χ0) is 22.7. The summed E-state index contributed by atoms with van der Waals surface area (Å²) in [6.07, 6.45) is 3.01. The average Bonchev–Trinajstić information content (AvgIpc) is 2.87. The quantitative estimate of drug-likeness (QED) is 0.242. The van der Waals surface area contributed by atoms with Crippen LogP contribution in [0.5, 0.6) is 0 Å². The van der Waals surface area contributed by atoms with Crippen molar-refractivity contribution in [3.8, 4) is 0 Å². The number of carbonyl (C=O) groups excluding carboxylic acids is 2. The van der Waals surface area contributed by atoms with Gasteiger partial charge in [0.2, 0.25) is 0 Å². The maximum Gasteiger partial charge on any atom is 0.303 e. The number of hydrazine groups is 1. The fourth-order valence-electron chi connectivity index (χ4n) is 3.57. The number of Topliss-reactive ketones (excluding diaryl/α,β-unsaturated/α-hetero) is 2. The Labute approximate surface area is 178 Å². The molecule has 1 unspecified atom stereocenters. The van der Waals surface area contributed by atoms with E-state index in [0.717, 1.165) is 0 Å². The Balaban J connectivity index is 2.01. The van der Waals surface area contributed by atoms with Gasteiger partial charge < -0.3 is 16.6 Å². The third-order valence-corrected chi connectivity index (χ3v) is 5.04. The van der Waals surface area contributed by atoms with Gasteiger partial charge in [-0.3, -0.25) is 30.1 Å². The van der Waals surface area contributed by atoms with Gasteiger partial charge in [-0.25, -0.2) is 0 Å². The Morgan fingerprint density at radius 1 is 1.29 bits per heavy atom. The number of ketones is 2. The average molecular weight is 425 g/mol. The number of benzene rings is 1. The molecule has 0 saturated carbocycles. The van der Waals surface area contributed by atoms with Gasteiger partial charge in [-0.15, -0.1) is 0 Å². The van der Waals surface area contributed by atoms with E-state index in [2.05, 4.69) is 5.43 Å². The molecule has 7 N–H and O–H groups in total. The van der Waals surface area contributed by atoms with Gasteiger partial charge in [-0.1, -0.05) is 24.3 Å². The number of carboxylic acid groups (broad SMARTS) is 1. The number of hydrogen-bond donors (Lipinski definition) is 5. The number of aliphatic carboxylic acids is 1. The number of nitrogens with two attached hydrogens (primary N) is 2. The molecule has 0 fully saturated rings. The molecule has 162 valence electrons. The predicted molar refractivity (Wildman–Crippen MR) is 111 cm³/mol. The van der Waals surface area contributed by atoms with Gasteiger partial charge in [0, 0.05) is 41.0 Å². The standard InChI is InChI=1S/C21H23N5O5/c1-31-26-15-8-14(20(30)11-2-4-12(5-3-11)21(23)24)9-16(27)19(15)13(6-7-18(28)29)10-17(22)25-26/h2-5,8,10,13,25H,6-7,9,22H2,1H3,(H3,23,24)(H,28,29). The summed E-state index contributed by atoms with van der Waals surface area (Å²) in [4.78, 5) is 42.4. The van der Waals surface area contributed by atoms with Crippen molar-refractivity contribution in [1.29, 1.82) is 5.41 Å². The Hall–Kier alpha value is -3.92. The topological polar surface area (TPSA) is 172 Å². The Morgan fingerprint density at radius 2 is 1.94 bits per heavy atom. The van der Waals surface area contributed by atoms with Crippen molar-refractivity contribution < 1.29 is 24.3 Å². The van der Waals surface area contributed by atoms with Crippen LogP contribution in [-0.2, 0) is 14.4 Å². The van der Waals surface area contributed by atoms with Gasteiger partial charge in [0.1, 0.15) is 11.7 Å². The van der Waals surface area contributed by atoms with Crippen LogP contribution >= 0.6 is 0 Å². The van der Waals surface area contributed by atoms with E-state index in [-0.39, 0.29) is 48.1 Å². The van der Waals surface area contributed by atoms with Crippen molar-refractivity contribution in [2.45, 2.75) is 19.3 Å². The zero-order valence-corrected chi connectivity index (χ0v) is 16.8. The highest BCUT2D eigenvalue weighted by Crippen LogP contribution is 2.34. The fraction of sp³-hybridized carbons (Fsp3) is 0.238. The summed E-state index contributed by atoms with van der Waals surface area (Å²) in [5.74, 6) is -2.11. The molecular weight excluding hydrogens is 402 g/mol. The number of hydroxylamine groups is 1. The first kappa shape index (κ1) is 21.8. The van der Waals surface area contributed by atoms with E-state index in [1.54, 1.807) is 36.4 Å². The highest BCUT2D eigenvalue weighted by Gasteiger charge is 2.34. The second-order valence-electron chi connectivity index (χ2n) is 7.14. The SMILES string of the molecule is CON1NC(N)=CC(CCC(=O)O)C2=C1C=C(C(=O)c1ccc(C(=N)N)cc1)CC2=O. The summed E-state index contributed by atoms with van der Waals surface area (Å²) in [6, 6.07) is 6.21. The number of nitrogens with one attached hydrogen (secondary N) is 2. The normalized spacial score (nSPS) is 18.4. The van der Waals surface area contributed by atoms with Crippen LogP contribution in [0.1, 0.15) is 35.2 Å². The molecule has 1 heterocycles. The number of amidine groups is 1. The first-order valence-corrected chi connectivity index (χ1v) is 9.48. The molecule has 2 aliphatic rings. The number of nitrogen functional groups attached to an aromatic ring is 1. The van der Waals surface area contributed by atoms with Crippen LogP contribution in [0.15, 0.2) is 59.1 Å². The number of carbonyl (C=O) groups is 3. The molecule has 3 rings (SSSR count). The highest BCUT2D eigenvalue weighted by atomic mass is 16.7. The summed E-state index contributed by atoms with van der Waals surface area (Å²) in [7, 11) is 1.37. The van der Waals surface area contributed by atoms with Crippen LogP contribution in [0.4, 0.5) is 0 Å². The summed E-state index contributed by atoms with van der Waals surface area (Å²) in [5.41, 5.74) is 15.9. The summed E-state index contributed by atoms with van der Waals surface area (Å²) < 4.78 is 0. The highest BCUT2D eigenvalue weighted by molar-refractivity contribution is 6.15. The van der Waals surface area contributed by atoms with Gasteiger partial charge in [0.15, 0.2) is 11.6 Å². The molecule has 0 saturated heterocycles. The molecule has 0 amide bonds. The minimum absolute atomic E-state index is 0.112. The van der Waals surface area contributed by atoms with E-state index in [0.29, 0.717) is 22.4 Å². The molecule has 1 aliphatic heterocycles. The number of hydrogen-bond acceptors (Lipinski definition) is 8. The lowest BCUT2D eigenvalue weighted by molar-refractivity contribution is -0.137. The maximum absolute atomic E-state index is 13.1. The number of nitrogens with zero attached hydrogens (tertiary/aromatic N) is 1. The Kier molecular flexibility index (Phi) is 6.21. The lowest BCUT2D eigenvalue weighted by atomic mass is 9.82. The van der Waals surface area contributed by atoms with Gasteiger partial charge in [-0.2, -0.15) is 5.17 Å². The summed E-state index contributed by atoms with van der Waals surface area (Å²) in [5, 5.41) is 17.7. The third-order valence-electron chi connectivity index (χ3n) is 5.04. The molecule has 10 heteroatoms. The van der Waals surface area contributed by atoms with E-state index in [1.807, 2.05) is 0 Å². The Morgan fingerprint density at radius 3 is 2.52 bits per heavy atom. The second-order valence-corrected chi connectivity index (χ2v) is 7.14. The Bertz CT molecular complexity index is 1040. The van der Waals surface area contributed by atoms with Crippen LogP contribution in [-0.4, -0.2) is 40.8 Å². The minimum Gasteiger partial charge on any atom is -0.481 e. The van der Waals surface area contributed by atoms with Gasteiger partial charge >= 0.3 is 5.97 Å². The van der Waals surface area contributed by atoms with Crippen molar-refractivity contribution in [3.05, 3.63) is 70.2 Å². The van der Waals surface area contributed by atoms with Gasteiger partial charge in [0.05, 0.1) is 12.8 Å². The van der Waals surface area contributed by atoms with Crippen molar-refractivity contribution in [2.75, 3.05) is 7.11 Å². The van der Waals surface area contributed by atoms with Crippen LogP contribution in [0, 0.1) is 11.3 Å². The molecule has 1 aliphatic carbocycles. The first-order chi connectivity index (χ1) is 14.7. The van der Waals surface area contributed by atoms with Crippen molar-refractivity contribution >= 4 is 23.4 Å². The molecule has 0 aromatic heterocycles. The van der Waals surface area contributed by atoms with Crippen molar-refractivity contribution in [1.82, 2.24) is 10.6 Å². The maximum atomic E-state index is 13.1. The number of allylic oxidation sites excluding steroid dienone is 4. The minimum atomic E-state index is -0.987. The molecule has 1 aromatic rings.